The van der Waals surface area contributed by atoms with Crippen molar-refractivity contribution in [1.29, 1.82) is 0 Å². The van der Waals surface area contributed by atoms with Gasteiger partial charge in [-0.1, -0.05) is 30.3 Å². The number of benzene rings is 2. The highest BCUT2D eigenvalue weighted by atomic mass is 19.4. The average Bonchev–Trinajstić information content (AvgIpc) is 2.93. The van der Waals surface area contributed by atoms with E-state index in [1.54, 1.807) is 6.92 Å². The van der Waals surface area contributed by atoms with E-state index in [0.29, 0.717) is 64.2 Å². The molecule has 2 aromatic rings. The number of alkyl halides is 6. The summed E-state index contributed by atoms with van der Waals surface area (Å²) in [5.41, 5.74) is -2.08. The lowest BCUT2D eigenvalue weighted by Gasteiger charge is -2.42. The molecular weight excluding hydrogens is 552 g/mol. The van der Waals surface area contributed by atoms with Gasteiger partial charge in [0.2, 0.25) is 0 Å². The van der Waals surface area contributed by atoms with Crippen LogP contribution in [0.3, 0.4) is 0 Å². The van der Waals surface area contributed by atoms with Crippen LogP contribution in [-0.4, -0.2) is 50.0 Å². The number of carbonyl (C=O) groups is 1. The highest BCUT2D eigenvalue weighted by molar-refractivity contribution is 5.72. The Kier molecular flexibility index (Phi) is 10.0. The van der Waals surface area contributed by atoms with Crippen molar-refractivity contribution in [2.24, 2.45) is 11.8 Å². The molecule has 0 spiro atoms. The molecule has 0 saturated carbocycles. The minimum Gasteiger partial charge on any atom is -0.466 e. The largest absolute Gasteiger partial charge is 0.466 e. The second-order valence-electron chi connectivity index (χ2n) is 10.7. The van der Waals surface area contributed by atoms with Crippen LogP contribution < -0.4 is 0 Å². The summed E-state index contributed by atoms with van der Waals surface area (Å²) in [6.45, 7) is 6.02. The number of hydrogen-bond acceptors (Lipinski definition) is 5. The summed E-state index contributed by atoms with van der Waals surface area (Å²) in [6.07, 6.45) is -9.81. The number of nitrogens with zero attached hydrogens (tertiary/aromatic N) is 1. The predicted molar refractivity (Wildman–Crippen MR) is 139 cm³/mol. The van der Waals surface area contributed by atoms with Crippen LogP contribution in [0.5, 0.6) is 0 Å². The van der Waals surface area contributed by atoms with Crippen molar-refractivity contribution in [3.63, 3.8) is 0 Å². The first-order valence-electron chi connectivity index (χ1n) is 13.9. The molecule has 0 aliphatic carbocycles. The van der Waals surface area contributed by atoms with Crippen molar-refractivity contribution in [1.82, 2.24) is 4.90 Å². The van der Waals surface area contributed by atoms with Crippen molar-refractivity contribution in [2.75, 3.05) is 32.8 Å². The number of piperidine rings is 1. The van der Waals surface area contributed by atoms with Gasteiger partial charge < -0.3 is 19.1 Å². The molecule has 41 heavy (non-hydrogen) atoms. The van der Waals surface area contributed by atoms with Crippen molar-refractivity contribution in [3.8, 4) is 0 Å². The predicted octanol–water partition coefficient (Wildman–Crippen LogP) is 7.22. The van der Waals surface area contributed by atoms with Gasteiger partial charge in [0.1, 0.15) is 0 Å². The lowest BCUT2D eigenvalue weighted by molar-refractivity contribution is -0.210. The fourth-order valence-corrected chi connectivity index (χ4v) is 5.71. The molecule has 4 atom stereocenters. The number of rotatable bonds is 8. The van der Waals surface area contributed by atoms with E-state index < -0.39 is 35.9 Å². The molecule has 2 aliphatic rings. The molecule has 0 aromatic heterocycles. The lowest BCUT2D eigenvalue weighted by atomic mass is 9.81. The zero-order valence-electron chi connectivity index (χ0n) is 23.0. The van der Waals surface area contributed by atoms with Crippen LogP contribution in [0.2, 0.25) is 0 Å². The number of carbonyl (C=O) groups excluding carboxylic acids is 1. The maximum atomic E-state index is 13.5. The normalized spacial score (nSPS) is 23.8. The Labute approximate surface area is 235 Å². The summed E-state index contributed by atoms with van der Waals surface area (Å²) < 4.78 is 98.0. The summed E-state index contributed by atoms with van der Waals surface area (Å²) in [7, 11) is 0. The topological polar surface area (TPSA) is 48.0 Å². The molecule has 2 saturated heterocycles. The molecule has 0 amide bonds. The molecule has 2 aromatic carbocycles. The Bertz CT molecular complexity index is 1120. The Morgan fingerprint density at radius 2 is 1.59 bits per heavy atom. The highest BCUT2D eigenvalue weighted by Crippen LogP contribution is 2.42. The van der Waals surface area contributed by atoms with Gasteiger partial charge >= 0.3 is 18.3 Å². The zero-order valence-corrected chi connectivity index (χ0v) is 23.0. The standard InChI is InChI=1S/C30H35F6NO4/c1-3-39-27(38)21-9-12-37(13-10-21)18-22-11-14-40-28(26(22)20-7-5-4-6-8-20)41-19(2)23-15-24(29(31,32)33)17-25(16-23)30(34,35)36/h4-8,15-17,19,21-22,26,28H,3,9-14,18H2,1-2H3. The minimum atomic E-state index is -4.95. The summed E-state index contributed by atoms with van der Waals surface area (Å²) in [5, 5.41) is 0. The van der Waals surface area contributed by atoms with E-state index in [0.717, 1.165) is 5.56 Å². The van der Waals surface area contributed by atoms with Crippen molar-refractivity contribution in [2.45, 2.75) is 63.8 Å². The number of hydrogen-bond donors (Lipinski definition) is 0. The van der Waals surface area contributed by atoms with Gasteiger partial charge in [-0.2, -0.15) is 26.3 Å². The maximum Gasteiger partial charge on any atom is 0.416 e. The third-order valence-corrected chi connectivity index (χ3v) is 7.87. The van der Waals surface area contributed by atoms with Crippen LogP contribution in [0.15, 0.2) is 48.5 Å². The molecule has 0 N–H and O–H groups in total. The Morgan fingerprint density at radius 3 is 2.15 bits per heavy atom. The van der Waals surface area contributed by atoms with E-state index in [1.165, 1.54) is 6.92 Å². The summed E-state index contributed by atoms with van der Waals surface area (Å²) in [6, 6.07) is 11.0. The summed E-state index contributed by atoms with van der Waals surface area (Å²) in [5.74, 6) is -0.555. The molecule has 2 fully saturated rings. The van der Waals surface area contributed by atoms with Gasteiger partial charge in [0, 0.05) is 12.5 Å². The zero-order chi connectivity index (χ0) is 29.8. The van der Waals surface area contributed by atoms with E-state index in [9.17, 15) is 31.1 Å². The minimum absolute atomic E-state index is 0.0507. The highest BCUT2D eigenvalue weighted by Gasteiger charge is 2.41. The fraction of sp³-hybridized carbons (Fsp3) is 0.567. The molecule has 0 radical (unpaired) electrons. The first-order valence-corrected chi connectivity index (χ1v) is 13.9. The maximum absolute atomic E-state index is 13.5. The number of esters is 1. The van der Waals surface area contributed by atoms with Crippen molar-refractivity contribution >= 4 is 5.97 Å². The van der Waals surface area contributed by atoms with Crippen LogP contribution in [0.1, 0.15) is 67.4 Å². The molecule has 2 aliphatic heterocycles. The van der Waals surface area contributed by atoms with Crippen molar-refractivity contribution < 1.29 is 45.3 Å². The van der Waals surface area contributed by atoms with Gasteiger partial charge in [0.05, 0.1) is 36.4 Å². The van der Waals surface area contributed by atoms with E-state index in [-0.39, 0.29) is 35.4 Å². The van der Waals surface area contributed by atoms with Gasteiger partial charge in [-0.15, -0.1) is 0 Å². The fourth-order valence-electron chi connectivity index (χ4n) is 5.71. The SMILES string of the molecule is CCOC(=O)C1CCN(CC2CCOC(OC(C)c3cc(C(F)(F)F)cc(C(F)(F)F)c3)C2c2ccccc2)CC1. The molecule has 2 heterocycles. The van der Waals surface area contributed by atoms with Gasteiger partial charge in [-0.25, -0.2) is 0 Å². The third-order valence-electron chi connectivity index (χ3n) is 7.87. The van der Waals surface area contributed by atoms with Crippen LogP contribution in [0.25, 0.3) is 0 Å². The first kappa shape index (κ1) is 31.3. The third kappa shape index (κ3) is 8.02. The van der Waals surface area contributed by atoms with E-state index in [1.807, 2.05) is 30.3 Å². The first-order chi connectivity index (χ1) is 19.4. The molecule has 5 nitrogen and oxygen atoms in total. The Morgan fingerprint density at radius 1 is 0.976 bits per heavy atom. The summed E-state index contributed by atoms with van der Waals surface area (Å²) >= 11 is 0. The number of ether oxygens (including phenoxy) is 3. The molecular formula is C30H35F6NO4. The van der Waals surface area contributed by atoms with E-state index >= 15 is 0 Å². The Balaban J connectivity index is 1.54. The van der Waals surface area contributed by atoms with Gasteiger partial charge in [-0.05, 0) is 81.4 Å². The number of likely N-dealkylation sites (tertiary alicyclic amines) is 1. The quantitative estimate of drug-likeness (QED) is 0.241. The molecule has 4 unspecified atom stereocenters. The van der Waals surface area contributed by atoms with Crippen LogP contribution >= 0.6 is 0 Å². The van der Waals surface area contributed by atoms with E-state index in [2.05, 4.69) is 4.90 Å². The van der Waals surface area contributed by atoms with Crippen LogP contribution in [0.4, 0.5) is 26.3 Å². The molecule has 11 heteroatoms. The van der Waals surface area contributed by atoms with Crippen molar-refractivity contribution in [3.05, 3.63) is 70.8 Å². The second kappa shape index (κ2) is 13.1. The average molecular weight is 588 g/mol. The molecule has 4 rings (SSSR count). The Hall–Kier alpha value is -2.63. The monoisotopic (exact) mass is 587 g/mol. The smallest absolute Gasteiger partial charge is 0.416 e. The second-order valence-corrected chi connectivity index (χ2v) is 10.7. The van der Waals surface area contributed by atoms with Gasteiger partial charge in [0.15, 0.2) is 6.29 Å². The number of halogens is 6. The van der Waals surface area contributed by atoms with Gasteiger partial charge in [0.25, 0.3) is 0 Å². The molecule has 226 valence electrons. The van der Waals surface area contributed by atoms with Gasteiger partial charge in [-0.3, -0.25) is 4.79 Å². The van der Waals surface area contributed by atoms with Crippen LogP contribution in [0, 0.1) is 11.8 Å². The molecule has 0 bridgehead atoms. The van der Waals surface area contributed by atoms with Crippen LogP contribution in [-0.2, 0) is 31.4 Å². The lowest BCUT2D eigenvalue weighted by Crippen LogP contribution is -2.45. The summed E-state index contributed by atoms with van der Waals surface area (Å²) in [4.78, 5) is 14.4. The van der Waals surface area contributed by atoms with E-state index in [4.69, 9.17) is 14.2 Å².